The number of aromatic nitrogens is 3. The summed E-state index contributed by atoms with van der Waals surface area (Å²) in [5, 5.41) is 4.51. The van der Waals surface area contributed by atoms with E-state index in [1.165, 1.54) is 0 Å². The van der Waals surface area contributed by atoms with Crippen LogP contribution in [0.3, 0.4) is 0 Å². The molecule has 0 atom stereocenters. The van der Waals surface area contributed by atoms with Crippen LogP contribution in [0.4, 0.5) is 0 Å². The van der Waals surface area contributed by atoms with Gasteiger partial charge in [0.15, 0.2) is 17.5 Å². The van der Waals surface area contributed by atoms with Crippen molar-refractivity contribution in [3.8, 4) is 56.4 Å². The van der Waals surface area contributed by atoms with E-state index in [1.54, 1.807) is 0 Å². The summed E-state index contributed by atoms with van der Waals surface area (Å²) in [6.45, 7) is 0. The highest BCUT2D eigenvalue weighted by atomic mass is 16.3. The molecule has 0 aliphatic carbocycles. The Kier molecular flexibility index (Phi) is 6.43. The third-order valence-electron chi connectivity index (χ3n) is 8.77. The van der Waals surface area contributed by atoms with E-state index in [4.69, 9.17) is 19.4 Å². The largest absolute Gasteiger partial charge is 0.456 e. The van der Waals surface area contributed by atoms with Crippen molar-refractivity contribution in [2.24, 2.45) is 0 Å². The highest BCUT2D eigenvalue weighted by Gasteiger charge is 2.16. The molecule has 0 fully saturated rings. The van der Waals surface area contributed by atoms with Crippen LogP contribution >= 0.6 is 0 Å². The molecule has 0 unspecified atom stereocenters. The van der Waals surface area contributed by atoms with Crippen LogP contribution in [0, 0.1) is 0 Å². The number of hydrogen-bond donors (Lipinski definition) is 0. The van der Waals surface area contributed by atoms with Crippen LogP contribution in [-0.4, -0.2) is 15.0 Å². The highest BCUT2D eigenvalue weighted by Crippen LogP contribution is 2.37. The highest BCUT2D eigenvalue weighted by molar-refractivity contribution is 6.06. The topological polar surface area (TPSA) is 51.8 Å². The smallest absolute Gasteiger partial charge is 0.164 e. The molecule has 0 aliphatic rings. The first kappa shape index (κ1) is 27.0. The summed E-state index contributed by atoms with van der Waals surface area (Å²) < 4.78 is 6.15. The molecule has 9 rings (SSSR count). The fourth-order valence-electron chi connectivity index (χ4n) is 6.42. The van der Waals surface area contributed by atoms with Crippen LogP contribution < -0.4 is 0 Å². The average Bonchev–Trinajstić information content (AvgIpc) is 3.53. The number of benzene rings is 7. The molecular formula is C43H27N3O. The van der Waals surface area contributed by atoms with Crippen LogP contribution in [0.5, 0.6) is 0 Å². The molecule has 2 aromatic heterocycles. The predicted molar refractivity (Wildman–Crippen MR) is 192 cm³/mol. The van der Waals surface area contributed by atoms with Gasteiger partial charge in [0, 0.05) is 27.5 Å². The van der Waals surface area contributed by atoms with Gasteiger partial charge < -0.3 is 4.42 Å². The molecule has 0 aliphatic heterocycles. The van der Waals surface area contributed by atoms with E-state index < -0.39 is 0 Å². The molecule has 4 heteroatoms. The summed E-state index contributed by atoms with van der Waals surface area (Å²) in [6.07, 6.45) is 0. The molecule has 0 amide bonds. The number of fused-ring (bicyclic) bond motifs is 4. The van der Waals surface area contributed by atoms with Gasteiger partial charge in [-0.1, -0.05) is 140 Å². The molecule has 0 N–H and O–H groups in total. The summed E-state index contributed by atoms with van der Waals surface area (Å²) in [7, 11) is 0. The lowest BCUT2D eigenvalue weighted by Crippen LogP contribution is -2.00. The van der Waals surface area contributed by atoms with Crippen molar-refractivity contribution in [1.82, 2.24) is 15.0 Å². The summed E-state index contributed by atoms with van der Waals surface area (Å²) in [4.78, 5) is 14.9. The van der Waals surface area contributed by atoms with Crippen molar-refractivity contribution in [2.75, 3.05) is 0 Å². The quantitative estimate of drug-likeness (QED) is 0.197. The van der Waals surface area contributed by atoms with E-state index in [1.807, 2.05) is 78.9 Å². The Morgan fingerprint density at radius 2 is 0.787 bits per heavy atom. The van der Waals surface area contributed by atoms with Crippen molar-refractivity contribution < 1.29 is 4.42 Å². The van der Waals surface area contributed by atoms with Crippen molar-refractivity contribution in [1.29, 1.82) is 0 Å². The van der Waals surface area contributed by atoms with Crippen LogP contribution in [-0.2, 0) is 0 Å². The lowest BCUT2D eigenvalue weighted by Gasteiger charge is -2.13. The number of para-hydroxylation sites is 1. The first-order valence-electron chi connectivity index (χ1n) is 15.7. The molecule has 47 heavy (non-hydrogen) atoms. The van der Waals surface area contributed by atoms with Crippen LogP contribution in [0.25, 0.3) is 89.1 Å². The van der Waals surface area contributed by atoms with Crippen LogP contribution in [0.1, 0.15) is 0 Å². The SMILES string of the molecule is c1ccc(-c2nc(-c3ccccc3)nc(-c3ccc(-c4ccc(-c5ccc6c(c5)oc5ccccc56)cc4)c4ccccc34)n2)cc1. The fourth-order valence-corrected chi connectivity index (χ4v) is 6.42. The Balaban J connectivity index is 1.13. The molecule has 220 valence electrons. The Bertz CT molecular complexity index is 2500. The first-order chi connectivity index (χ1) is 23.3. The van der Waals surface area contributed by atoms with Crippen molar-refractivity contribution >= 4 is 32.7 Å². The lowest BCUT2D eigenvalue weighted by molar-refractivity contribution is 0.669. The number of rotatable bonds is 5. The van der Waals surface area contributed by atoms with E-state index in [0.717, 1.165) is 71.7 Å². The second-order valence-electron chi connectivity index (χ2n) is 11.6. The maximum absolute atomic E-state index is 6.15. The van der Waals surface area contributed by atoms with E-state index in [0.29, 0.717) is 17.5 Å². The zero-order valence-corrected chi connectivity index (χ0v) is 25.3. The fraction of sp³-hybridized carbons (Fsp3) is 0. The van der Waals surface area contributed by atoms with Crippen LogP contribution in [0.2, 0.25) is 0 Å². The molecule has 0 saturated carbocycles. The minimum Gasteiger partial charge on any atom is -0.456 e. The monoisotopic (exact) mass is 601 g/mol. The Labute approximate surface area is 271 Å². The molecular weight excluding hydrogens is 574 g/mol. The van der Waals surface area contributed by atoms with Gasteiger partial charge >= 0.3 is 0 Å². The van der Waals surface area contributed by atoms with Gasteiger partial charge in [0.2, 0.25) is 0 Å². The Morgan fingerprint density at radius 3 is 1.47 bits per heavy atom. The molecule has 0 radical (unpaired) electrons. The number of nitrogens with zero attached hydrogens (tertiary/aromatic N) is 3. The van der Waals surface area contributed by atoms with E-state index >= 15 is 0 Å². The summed E-state index contributed by atoms with van der Waals surface area (Å²) in [5.74, 6) is 1.95. The molecule has 0 bridgehead atoms. The molecule has 9 aromatic rings. The zero-order valence-electron chi connectivity index (χ0n) is 25.3. The standard InChI is InChI=1S/C43H27N3O/c1-3-11-30(12-4-1)41-44-42(31-13-5-2-6-14-31)46-43(45-41)38-26-25-33(34-15-7-8-16-35(34)38)29-21-19-28(20-22-29)32-23-24-37-36-17-9-10-18-39(36)47-40(37)27-32/h1-27H. The normalized spacial score (nSPS) is 11.4. The van der Waals surface area contributed by atoms with Gasteiger partial charge in [0.05, 0.1) is 0 Å². The molecule has 0 saturated heterocycles. The van der Waals surface area contributed by atoms with Crippen LogP contribution in [0.15, 0.2) is 168 Å². The average molecular weight is 602 g/mol. The molecule has 4 nitrogen and oxygen atoms in total. The lowest BCUT2D eigenvalue weighted by atomic mass is 9.93. The van der Waals surface area contributed by atoms with Gasteiger partial charge in [-0.25, -0.2) is 15.0 Å². The molecule has 7 aromatic carbocycles. The first-order valence-corrected chi connectivity index (χ1v) is 15.7. The second kappa shape index (κ2) is 11.2. The Hall–Kier alpha value is -6.39. The van der Waals surface area contributed by atoms with Crippen molar-refractivity contribution in [3.05, 3.63) is 164 Å². The minimum absolute atomic E-state index is 0.650. The van der Waals surface area contributed by atoms with E-state index in [2.05, 4.69) is 84.9 Å². The third kappa shape index (κ3) is 4.84. The van der Waals surface area contributed by atoms with Gasteiger partial charge in [0.25, 0.3) is 0 Å². The second-order valence-corrected chi connectivity index (χ2v) is 11.6. The molecule has 0 spiro atoms. The van der Waals surface area contributed by atoms with Gasteiger partial charge in [-0.2, -0.15) is 0 Å². The van der Waals surface area contributed by atoms with Crippen molar-refractivity contribution in [2.45, 2.75) is 0 Å². The van der Waals surface area contributed by atoms with E-state index in [-0.39, 0.29) is 0 Å². The summed E-state index contributed by atoms with van der Waals surface area (Å²) >= 11 is 0. The van der Waals surface area contributed by atoms with Gasteiger partial charge in [0.1, 0.15) is 11.2 Å². The number of furan rings is 1. The predicted octanol–water partition coefficient (Wildman–Crippen LogP) is 11.3. The van der Waals surface area contributed by atoms with Gasteiger partial charge in [-0.3, -0.25) is 0 Å². The minimum atomic E-state index is 0.650. The number of hydrogen-bond acceptors (Lipinski definition) is 4. The third-order valence-corrected chi connectivity index (χ3v) is 8.77. The zero-order chi connectivity index (χ0) is 31.2. The Morgan fingerprint density at radius 1 is 0.298 bits per heavy atom. The molecule has 2 heterocycles. The van der Waals surface area contributed by atoms with Gasteiger partial charge in [-0.15, -0.1) is 0 Å². The summed E-state index contributed by atoms with van der Waals surface area (Å²) in [6, 6.07) is 56.4. The van der Waals surface area contributed by atoms with Gasteiger partial charge in [-0.05, 0) is 57.3 Å². The van der Waals surface area contributed by atoms with Crippen molar-refractivity contribution in [3.63, 3.8) is 0 Å². The maximum atomic E-state index is 6.15. The van der Waals surface area contributed by atoms with E-state index in [9.17, 15) is 0 Å². The maximum Gasteiger partial charge on any atom is 0.164 e. The summed E-state index contributed by atoms with van der Waals surface area (Å²) in [5.41, 5.74) is 9.26.